The lowest BCUT2D eigenvalue weighted by molar-refractivity contribution is -0.384. The van der Waals surface area contributed by atoms with Crippen LogP contribution in [0.25, 0.3) is 0 Å². The zero-order valence-electron chi connectivity index (χ0n) is 11.6. The zero-order chi connectivity index (χ0) is 14.8. The summed E-state index contributed by atoms with van der Waals surface area (Å²) in [5.41, 5.74) is 10.2. The Labute approximate surface area is 122 Å². The van der Waals surface area contributed by atoms with Crippen molar-refractivity contribution in [3.8, 4) is 0 Å². The van der Waals surface area contributed by atoms with Crippen LogP contribution in [0, 0.1) is 10.1 Å². The number of nitrogen functional groups attached to an aromatic ring is 1. The van der Waals surface area contributed by atoms with E-state index in [1.165, 1.54) is 17.2 Å². The van der Waals surface area contributed by atoms with Crippen LogP contribution in [0.15, 0.2) is 42.5 Å². The predicted molar refractivity (Wildman–Crippen MR) is 81.9 cm³/mol. The summed E-state index contributed by atoms with van der Waals surface area (Å²) in [6.45, 7) is 0.621. The van der Waals surface area contributed by atoms with E-state index in [0.717, 1.165) is 24.1 Å². The average Bonchev–Trinajstić information content (AvgIpc) is 2.87. The van der Waals surface area contributed by atoms with E-state index < -0.39 is 0 Å². The molecule has 21 heavy (non-hydrogen) atoms. The fourth-order valence-electron chi connectivity index (χ4n) is 2.87. The summed E-state index contributed by atoms with van der Waals surface area (Å²) in [4.78, 5) is 10.4. The van der Waals surface area contributed by atoms with Gasteiger partial charge in [-0.3, -0.25) is 10.1 Å². The molecule has 108 valence electrons. The van der Waals surface area contributed by atoms with Gasteiger partial charge in [0.2, 0.25) is 0 Å². The maximum atomic E-state index is 10.8. The second-order valence-corrected chi connectivity index (χ2v) is 5.36. The van der Waals surface area contributed by atoms with Crippen molar-refractivity contribution in [1.29, 1.82) is 0 Å². The molecule has 0 radical (unpaired) electrons. The number of nitro benzene ring substituents is 1. The molecule has 0 amide bonds. The van der Waals surface area contributed by atoms with E-state index in [4.69, 9.17) is 5.73 Å². The Bertz CT molecular complexity index is 685. The Morgan fingerprint density at radius 2 is 2.14 bits per heavy atom. The van der Waals surface area contributed by atoms with Crippen molar-refractivity contribution < 1.29 is 4.92 Å². The van der Waals surface area contributed by atoms with Crippen molar-refractivity contribution in [2.75, 3.05) is 5.73 Å². The summed E-state index contributed by atoms with van der Waals surface area (Å²) in [5.74, 6) is 0. The minimum Gasteiger partial charge on any atom is -0.399 e. The molecular formula is C16H17N3O2. The fraction of sp³-hybridized carbons (Fsp3) is 0.250. The molecule has 2 aromatic carbocycles. The van der Waals surface area contributed by atoms with Crippen LogP contribution < -0.4 is 11.1 Å². The predicted octanol–water partition coefficient (Wildman–Crippen LogP) is 2.95. The van der Waals surface area contributed by atoms with E-state index in [2.05, 4.69) is 11.4 Å². The summed E-state index contributed by atoms with van der Waals surface area (Å²) in [7, 11) is 0. The minimum atomic E-state index is -0.364. The van der Waals surface area contributed by atoms with Crippen molar-refractivity contribution in [2.45, 2.75) is 25.4 Å². The molecule has 5 heteroatoms. The van der Waals surface area contributed by atoms with Crippen molar-refractivity contribution in [3.05, 3.63) is 69.3 Å². The van der Waals surface area contributed by atoms with Crippen molar-refractivity contribution in [1.82, 2.24) is 5.32 Å². The molecule has 0 aliphatic heterocycles. The number of nitro groups is 1. The van der Waals surface area contributed by atoms with E-state index in [1.807, 2.05) is 18.2 Å². The van der Waals surface area contributed by atoms with Crippen molar-refractivity contribution in [2.24, 2.45) is 0 Å². The number of nitrogens with two attached hydrogens (primary N) is 1. The molecule has 0 spiro atoms. The van der Waals surface area contributed by atoms with Gasteiger partial charge in [-0.15, -0.1) is 0 Å². The number of non-ortho nitro benzene ring substituents is 1. The van der Waals surface area contributed by atoms with Crippen LogP contribution >= 0.6 is 0 Å². The molecular weight excluding hydrogens is 266 g/mol. The SMILES string of the molecule is Nc1ccc2c(c1)CCC2NCc1cccc([N+](=O)[O-])c1. The average molecular weight is 283 g/mol. The van der Waals surface area contributed by atoms with Gasteiger partial charge in [-0.2, -0.15) is 0 Å². The summed E-state index contributed by atoms with van der Waals surface area (Å²) in [5, 5.41) is 14.3. The van der Waals surface area contributed by atoms with Crippen LogP contribution in [-0.4, -0.2) is 4.92 Å². The Hall–Kier alpha value is -2.40. The number of rotatable bonds is 4. The topological polar surface area (TPSA) is 81.2 Å². The third kappa shape index (κ3) is 2.87. The largest absolute Gasteiger partial charge is 0.399 e. The first-order valence-corrected chi connectivity index (χ1v) is 6.98. The summed E-state index contributed by atoms with van der Waals surface area (Å²) in [6.07, 6.45) is 2.06. The number of nitrogens with zero attached hydrogens (tertiary/aromatic N) is 1. The summed E-state index contributed by atoms with van der Waals surface area (Å²) in [6, 6.07) is 13.1. The second-order valence-electron chi connectivity index (χ2n) is 5.36. The van der Waals surface area contributed by atoms with Gasteiger partial charge in [0.1, 0.15) is 0 Å². The first-order valence-electron chi connectivity index (χ1n) is 6.98. The third-order valence-corrected chi connectivity index (χ3v) is 3.92. The van der Waals surface area contributed by atoms with Crippen LogP contribution in [0.3, 0.4) is 0 Å². The maximum absolute atomic E-state index is 10.8. The number of anilines is 1. The monoisotopic (exact) mass is 283 g/mol. The lowest BCUT2D eigenvalue weighted by Crippen LogP contribution is -2.18. The summed E-state index contributed by atoms with van der Waals surface area (Å²) >= 11 is 0. The van der Waals surface area contributed by atoms with E-state index in [-0.39, 0.29) is 10.6 Å². The molecule has 0 bridgehead atoms. The Balaban J connectivity index is 1.70. The second kappa shape index (κ2) is 5.54. The van der Waals surface area contributed by atoms with Crippen LogP contribution in [0.2, 0.25) is 0 Å². The number of nitrogens with one attached hydrogen (secondary N) is 1. The van der Waals surface area contributed by atoms with Gasteiger partial charge in [0.25, 0.3) is 5.69 Å². The highest BCUT2D eigenvalue weighted by Gasteiger charge is 2.21. The first-order chi connectivity index (χ1) is 10.1. The first kappa shape index (κ1) is 13.6. The molecule has 0 heterocycles. The molecule has 0 saturated carbocycles. The number of hydrogen-bond donors (Lipinski definition) is 2. The van der Waals surface area contributed by atoms with Gasteiger partial charge in [-0.05, 0) is 41.7 Å². The highest BCUT2D eigenvalue weighted by molar-refractivity contribution is 5.47. The van der Waals surface area contributed by atoms with Crippen molar-refractivity contribution in [3.63, 3.8) is 0 Å². The highest BCUT2D eigenvalue weighted by atomic mass is 16.6. The standard InChI is InChI=1S/C16H17N3O2/c17-13-5-6-15-12(9-13)4-7-16(15)18-10-11-2-1-3-14(8-11)19(20)21/h1-3,5-6,8-9,16,18H,4,7,10,17H2. The van der Waals surface area contributed by atoms with E-state index in [9.17, 15) is 10.1 Å². The molecule has 2 aromatic rings. The molecule has 0 saturated heterocycles. The quantitative estimate of drug-likeness (QED) is 0.513. The van der Waals surface area contributed by atoms with Gasteiger partial charge < -0.3 is 11.1 Å². The maximum Gasteiger partial charge on any atom is 0.269 e. The van der Waals surface area contributed by atoms with E-state index >= 15 is 0 Å². The number of hydrogen-bond acceptors (Lipinski definition) is 4. The zero-order valence-corrected chi connectivity index (χ0v) is 11.6. The fourth-order valence-corrected chi connectivity index (χ4v) is 2.87. The Morgan fingerprint density at radius 3 is 2.95 bits per heavy atom. The third-order valence-electron chi connectivity index (χ3n) is 3.92. The van der Waals surface area contributed by atoms with Crippen LogP contribution in [0.4, 0.5) is 11.4 Å². The van der Waals surface area contributed by atoms with Gasteiger partial charge >= 0.3 is 0 Å². The molecule has 0 fully saturated rings. The van der Waals surface area contributed by atoms with Crippen molar-refractivity contribution >= 4 is 11.4 Å². The normalized spacial score (nSPS) is 16.7. The van der Waals surface area contributed by atoms with Crippen LogP contribution in [-0.2, 0) is 13.0 Å². The minimum absolute atomic E-state index is 0.133. The Kier molecular flexibility index (Phi) is 3.58. The molecule has 1 atom stereocenters. The molecule has 1 aliphatic rings. The van der Waals surface area contributed by atoms with Gasteiger partial charge in [-0.1, -0.05) is 18.2 Å². The van der Waals surface area contributed by atoms with Gasteiger partial charge in [0.15, 0.2) is 0 Å². The number of fused-ring (bicyclic) bond motifs is 1. The smallest absolute Gasteiger partial charge is 0.269 e. The van der Waals surface area contributed by atoms with E-state index in [0.29, 0.717) is 12.6 Å². The molecule has 1 aliphatic carbocycles. The number of aryl methyl sites for hydroxylation is 1. The van der Waals surface area contributed by atoms with Gasteiger partial charge in [0, 0.05) is 30.4 Å². The lowest BCUT2D eigenvalue weighted by Gasteiger charge is -2.14. The van der Waals surface area contributed by atoms with E-state index in [1.54, 1.807) is 12.1 Å². The molecule has 1 unspecified atom stereocenters. The molecule has 3 N–H and O–H groups in total. The van der Waals surface area contributed by atoms with Gasteiger partial charge in [-0.25, -0.2) is 0 Å². The lowest BCUT2D eigenvalue weighted by atomic mass is 10.1. The van der Waals surface area contributed by atoms with Crippen LogP contribution in [0.1, 0.15) is 29.2 Å². The molecule has 0 aromatic heterocycles. The molecule has 5 nitrogen and oxygen atoms in total. The van der Waals surface area contributed by atoms with Crippen LogP contribution in [0.5, 0.6) is 0 Å². The highest BCUT2D eigenvalue weighted by Crippen LogP contribution is 2.32. The Morgan fingerprint density at radius 1 is 1.29 bits per heavy atom. The molecule has 3 rings (SSSR count). The summed E-state index contributed by atoms with van der Waals surface area (Å²) < 4.78 is 0. The number of benzene rings is 2. The van der Waals surface area contributed by atoms with Gasteiger partial charge in [0.05, 0.1) is 4.92 Å².